The average Bonchev–Trinajstić information content (AvgIpc) is 3.46. The number of carbonyl (C=O) groups is 3. The first kappa shape index (κ1) is 24.6. The van der Waals surface area contributed by atoms with Crippen molar-refractivity contribution in [3.63, 3.8) is 0 Å². The summed E-state index contributed by atoms with van der Waals surface area (Å²) in [7, 11) is 0. The van der Waals surface area contributed by atoms with Crippen molar-refractivity contribution in [2.24, 2.45) is 0 Å². The molecule has 0 saturated heterocycles. The van der Waals surface area contributed by atoms with Gasteiger partial charge in [0, 0.05) is 23.9 Å². The van der Waals surface area contributed by atoms with Gasteiger partial charge in [-0.15, -0.1) is 22.7 Å². The minimum atomic E-state index is -4.56. The molecule has 4 rings (SSSR count). The molecule has 0 radical (unpaired) electrons. The monoisotopic (exact) mass is 517 g/mol. The van der Waals surface area contributed by atoms with Crippen molar-refractivity contribution in [2.75, 3.05) is 10.6 Å². The molecule has 0 fully saturated rings. The Morgan fingerprint density at radius 1 is 1.00 bits per heavy atom. The second-order valence-electron chi connectivity index (χ2n) is 7.62. The number of fused-ring (bicyclic) bond motifs is 1. The van der Waals surface area contributed by atoms with Gasteiger partial charge in [-0.25, -0.2) is 4.98 Å². The summed E-state index contributed by atoms with van der Waals surface area (Å²) >= 11 is 2.51. The molecule has 0 aliphatic carbocycles. The fourth-order valence-corrected chi connectivity index (χ4v) is 5.00. The van der Waals surface area contributed by atoms with Crippen LogP contribution in [-0.2, 0) is 15.8 Å². The molecule has 35 heavy (non-hydrogen) atoms. The van der Waals surface area contributed by atoms with E-state index in [4.69, 9.17) is 0 Å². The highest BCUT2D eigenvalue weighted by Gasteiger charge is 2.30. The number of aromatic nitrogens is 1. The summed E-state index contributed by atoms with van der Waals surface area (Å²) in [4.78, 5) is 42.9. The molecule has 2 amide bonds. The van der Waals surface area contributed by atoms with Crippen molar-refractivity contribution in [1.82, 2.24) is 4.98 Å². The summed E-state index contributed by atoms with van der Waals surface area (Å²) in [5.41, 5.74) is -0.0451. The van der Waals surface area contributed by atoms with Gasteiger partial charge in [0.1, 0.15) is 15.5 Å². The molecule has 3 heterocycles. The van der Waals surface area contributed by atoms with Crippen LogP contribution in [0.1, 0.15) is 35.0 Å². The number of hydrogen-bond acceptors (Lipinski definition) is 6. The van der Waals surface area contributed by atoms with Crippen LogP contribution in [0, 0.1) is 0 Å². The molecule has 0 aliphatic heterocycles. The molecule has 0 spiro atoms. The average molecular weight is 518 g/mol. The second-order valence-corrected chi connectivity index (χ2v) is 9.56. The van der Waals surface area contributed by atoms with Crippen LogP contribution >= 0.6 is 22.7 Å². The number of halogens is 3. The maximum absolute atomic E-state index is 13.1. The summed E-state index contributed by atoms with van der Waals surface area (Å²) in [5.74, 6) is -1.30. The second kappa shape index (κ2) is 9.96. The van der Waals surface area contributed by atoms with Gasteiger partial charge in [-0.2, -0.15) is 13.2 Å². The zero-order valence-electron chi connectivity index (χ0n) is 18.2. The number of pyridine rings is 1. The van der Waals surface area contributed by atoms with Gasteiger partial charge in [0.05, 0.1) is 21.8 Å². The Balaban J connectivity index is 1.70. The number of hydrogen-bond donors (Lipinski definition) is 2. The zero-order chi connectivity index (χ0) is 25.2. The quantitative estimate of drug-likeness (QED) is 0.289. The lowest BCUT2D eigenvalue weighted by Crippen LogP contribution is -2.17. The van der Waals surface area contributed by atoms with E-state index in [1.807, 2.05) is 17.5 Å². The number of ketones is 1. The van der Waals surface area contributed by atoms with Gasteiger partial charge in [-0.3, -0.25) is 9.59 Å². The van der Waals surface area contributed by atoms with Crippen molar-refractivity contribution in [2.45, 2.75) is 25.9 Å². The number of alkyl halides is 3. The van der Waals surface area contributed by atoms with E-state index in [-0.39, 0.29) is 34.9 Å². The van der Waals surface area contributed by atoms with Gasteiger partial charge in [0.15, 0.2) is 0 Å². The van der Waals surface area contributed by atoms with Crippen LogP contribution in [-0.4, -0.2) is 22.6 Å². The van der Waals surface area contributed by atoms with Crippen LogP contribution in [0.2, 0.25) is 0 Å². The first-order valence-electron chi connectivity index (χ1n) is 10.4. The van der Waals surface area contributed by atoms with Crippen molar-refractivity contribution in [3.8, 4) is 10.6 Å². The molecular formula is C24H18F3N3O3S2. The molecule has 11 heteroatoms. The smallest absolute Gasteiger partial charge is 0.324 e. The van der Waals surface area contributed by atoms with E-state index in [1.165, 1.54) is 30.4 Å². The third kappa shape index (κ3) is 5.75. The Kier molecular flexibility index (Phi) is 6.99. The normalized spacial score (nSPS) is 11.4. The molecule has 180 valence electrons. The number of carbonyl (C=O) groups excluding carboxylic acids is 3. The van der Waals surface area contributed by atoms with Gasteiger partial charge < -0.3 is 15.4 Å². The first-order chi connectivity index (χ1) is 16.6. The van der Waals surface area contributed by atoms with Crippen molar-refractivity contribution in [1.29, 1.82) is 0 Å². The summed E-state index contributed by atoms with van der Waals surface area (Å²) in [5, 5.41) is 7.59. The van der Waals surface area contributed by atoms with Gasteiger partial charge >= 0.3 is 6.18 Å². The third-order valence-corrected chi connectivity index (χ3v) is 6.94. The van der Waals surface area contributed by atoms with E-state index in [1.54, 1.807) is 12.1 Å². The predicted octanol–water partition coefficient (Wildman–Crippen LogP) is 6.60. The molecule has 0 atom stereocenters. The number of nitrogens with one attached hydrogen (secondary N) is 2. The van der Waals surface area contributed by atoms with Crippen LogP contribution in [0.3, 0.4) is 0 Å². The Labute approximate surface area is 205 Å². The molecule has 0 unspecified atom stereocenters. The number of anilines is 2. The van der Waals surface area contributed by atoms with Crippen molar-refractivity contribution < 1.29 is 27.6 Å². The van der Waals surface area contributed by atoms with Crippen LogP contribution in [0.4, 0.5) is 24.5 Å². The predicted molar refractivity (Wildman–Crippen MR) is 131 cm³/mol. The molecule has 6 nitrogen and oxygen atoms in total. The SMILES string of the molecule is CC(=O)CCC(=O)Nc1c(C(=O)Nc2cccc(C(F)(F)F)c2)sc2nc(-c3cccs3)ccc12. The van der Waals surface area contributed by atoms with Crippen LogP contribution in [0.15, 0.2) is 53.9 Å². The lowest BCUT2D eigenvalue weighted by atomic mass is 10.2. The summed E-state index contributed by atoms with van der Waals surface area (Å²) < 4.78 is 39.2. The fourth-order valence-electron chi connectivity index (χ4n) is 3.28. The molecule has 1 aromatic carbocycles. The lowest BCUT2D eigenvalue weighted by Gasteiger charge is -2.11. The van der Waals surface area contributed by atoms with E-state index in [0.29, 0.717) is 15.9 Å². The molecule has 0 bridgehead atoms. The topological polar surface area (TPSA) is 88.2 Å². The highest BCUT2D eigenvalue weighted by Crippen LogP contribution is 2.38. The van der Waals surface area contributed by atoms with E-state index < -0.39 is 23.6 Å². The Bertz CT molecular complexity index is 1410. The molecule has 2 N–H and O–H groups in total. The Morgan fingerprint density at radius 2 is 1.80 bits per heavy atom. The number of amides is 2. The Morgan fingerprint density at radius 3 is 2.49 bits per heavy atom. The van der Waals surface area contributed by atoms with Gasteiger partial charge in [-0.05, 0) is 48.7 Å². The van der Waals surface area contributed by atoms with Crippen LogP contribution in [0.25, 0.3) is 20.8 Å². The number of Topliss-reactive ketones (excluding diaryl/α,β-unsaturated/α-hetero) is 1. The molecule has 4 aromatic rings. The third-order valence-electron chi connectivity index (χ3n) is 4.95. The number of thiophene rings is 2. The molecular weight excluding hydrogens is 499 g/mol. The van der Waals surface area contributed by atoms with E-state index >= 15 is 0 Å². The summed E-state index contributed by atoms with van der Waals surface area (Å²) in [6.45, 7) is 1.37. The maximum Gasteiger partial charge on any atom is 0.416 e. The molecule has 0 saturated carbocycles. The van der Waals surface area contributed by atoms with E-state index in [9.17, 15) is 27.6 Å². The van der Waals surface area contributed by atoms with Crippen LogP contribution in [0.5, 0.6) is 0 Å². The van der Waals surface area contributed by atoms with Gasteiger partial charge in [0.2, 0.25) is 5.91 Å². The summed E-state index contributed by atoms with van der Waals surface area (Å²) in [6, 6.07) is 11.6. The van der Waals surface area contributed by atoms with E-state index in [2.05, 4.69) is 15.6 Å². The Hall–Kier alpha value is -3.57. The fraction of sp³-hybridized carbons (Fsp3) is 0.167. The molecule has 0 aliphatic rings. The number of nitrogens with zero attached hydrogens (tertiary/aromatic N) is 1. The minimum Gasteiger partial charge on any atom is -0.324 e. The zero-order valence-corrected chi connectivity index (χ0v) is 19.9. The van der Waals surface area contributed by atoms with Crippen molar-refractivity contribution in [3.05, 3.63) is 64.4 Å². The number of rotatable bonds is 7. The number of benzene rings is 1. The van der Waals surface area contributed by atoms with Gasteiger partial charge in [-0.1, -0.05) is 12.1 Å². The largest absolute Gasteiger partial charge is 0.416 e. The minimum absolute atomic E-state index is 0.0385. The van der Waals surface area contributed by atoms with Crippen molar-refractivity contribution >= 4 is 61.9 Å². The van der Waals surface area contributed by atoms with Crippen LogP contribution < -0.4 is 10.6 Å². The highest BCUT2D eigenvalue weighted by molar-refractivity contribution is 7.21. The van der Waals surface area contributed by atoms with E-state index in [0.717, 1.165) is 28.3 Å². The standard InChI is InChI=1S/C24H18F3N3O3S2/c1-13(31)7-10-19(32)30-20-16-8-9-17(18-6-3-11-34-18)29-23(16)35-21(20)22(33)28-15-5-2-4-14(12-15)24(25,26)27/h2-6,8-9,11-12H,7,10H2,1H3,(H,28,33)(H,30,32). The first-order valence-corrected chi connectivity index (χ1v) is 12.1. The lowest BCUT2D eigenvalue weighted by molar-refractivity contribution is -0.137. The maximum atomic E-state index is 13.1. The summed E-state index contributed by atoms with van der Waals surface area (Å²) in [6.07, 6.45) is -4.58. The molecule has 3 aromatic heterocycles. The van der Waals surface area contributed by atoms with Gasteiger partial charge in [0.25, 0.3) is 5.91 Å². The highest BCUT2D eigenvalue weighted by atomic mass is 32.1.